The lowest BCUT2D eigenvalue weighted by molar-refractivity contribution is 0.725. The van der Waals surface area contributed by atoms with Crippen molar-refractivity contribution in [1.29, 1.82) is 0 Å². The van der Waals surface area contributed by atoms with Gasteiger partial charge in [-0.3, -0.25) is 0 Å². The Morgan fingerprint density at radius 3 is 1.29 bits per heavy atom. The van der Waals surface area contributed by atoms with E-state index in [4.69, 9.17) is 0 Å². The summed E-state index contributed by atoms with van der Waals surface area (Å²) in [6.45, 7) is 20.2. The highest BCUT2D eigenvalue weighted by molar-refractivity contribution is 6.94. The normalized spacial score (nSPS) is 16.6. The van der Waals surface area contributed by atoms with Gasteiger partial charge >= 0.3 is 0 Å². The van der Waals surface area contributed by atoms with Crippen molar-refractivity contribution in [1.82, 2.24) is 0 Å². The third-order valence-corrected chi connectivity index (χ3v) is 21.5. The predicted octanol–water partition coefficient (Wildman–Crippen LogP) is 4.80. The lowest BCUT2D eigenvalue weighted by Crippen LogP contribution is -2.36. The molecular formula is C14H36Si3. The first-order valence-corrected chi connectivity index (χ1v) is 16.6. The molecule has 0 spiro atoms. The molecule has 0 bridgehead atoms. The summed E-state index contributed by atoms with van der Waals surface area (Å²) in [7, 11) is -1.63. The molecule has 0 aliphatic heterocycles. The van der Waals surface area contributed by atoms with Gasteiger partial charge in [-0.2, -0.15) is 0 Å². The maximum atomic E-state index is 2.67. The first-order valence-electron chi connectivity index (χ1n) is 7.62. The van der Waals surface area contributed by atoms with Gasteiger partial charge in [0.05, 0.1) is 0 Å². The maximum absolute atomic E-state index is 2.67. The molecule has 0 radical (unpaired) electrons. The van der Waals surface area contributed by atoms with Crippen LogP contribution in [-0.4, -0.2) is 25.7 Å². The molecule has 0 rings (SSSR count). The fourth-order valence-electron chi connectivity index (χ4n) is 3.75. The van der Waals surface area contributed by atoms with Crippen LogP contribution < -0.4 is 0 Å². The summed E-state index contributed by atoms with van der Waals surface area (Å²) in [5.74, 6) is 1.87. The highest BCUT2D eigenvalue weighted by Gasteiger charge is 2.27. The van der Waals surface area contributed by atoms with Crippen molar-refractivity contribution in [2.75, 3.05) is 0 Å². The van der Waals surface area contributed by atoms with E-state index < -0.39 is 25.7 Å². The van der Waals surface area contributed by atoms with E-state index in [1.165, 1.54) is 0 Å². The van der Waals surface area contributed by atoms with E-state index >= 15 is 0 Å². The van der Waals surface area contributed by atoms with Crippen LogP contribution in [0.5, 0.6) is 0 Å². The Morgan fingerprint density at radius 2 is 1.06 bits per heavy atom. The van der Waals surface area contributed by atoms with Crippen LogP contribution in [0.15, 0.2) is 0 Å². The van der Waals surface area contributed by atoms with Crippen molar-refractivity contribution in [3.05, 3.63) is 0 Å². The van der Waals surface area contributed by atoms with Crippen LogP contribution in [-0.2, 0) is 0 Å². The second-order valence-electron chi connectivity index (χ2n) is 8.04. The van der Waals surface area contributed by atoms with Crippen molar-refractivity contribution in [2.24, 2.45) is 11.8 Å². The molecule has 0 aromatic carbocycles. The zero-order valence-electron chi connectivity index (χ0n) is 13.6. The van der Waals surface area contributed by atoms with Crippen LogP contribution in [0.1, 0.15) is 27.7 Å². The van der Waals surface area contributed by atoms with E-state index in [9.17, 15) is 0 Å². The minimum atomic E-state index is -0.840. The van der Waals surface area contributed by atoms with Crippen molar-refractivity contribution in [2.45, 2.75) is 77.3 Å². The first kappa shape index (κ1) is 17.7. The number of rotatable bonds is 8. The maximum Gasteiger partial charge on any atom is 0.0416 e. The third kappa shape index (κ3) is 10.3. The topological polar surface area (TPSA) is 0 Å². The first-order chi connectivity index (χ1) is 7.62. The molecule has 0 aromatic heterocycles. The Bertz CT molecular complexity index is 180. The molecule has 104 valence electrons. The molecule has 0 heterocycles. The van der Waals surface area contributed by atoms with Gasteiger partial charge in [-0.25, -0.2) is 0 Å². The zero-order valence-corrected chi connectivity index (χ0v) is 16.9. The molecule has 0 saturated carbocycles. The molecule has 0 aliphatic carbocycles. The van der Waals surface area contributed by atoms with E-state index in [1.54, 1.807) is 23.4 Å². The largest absolute Gasteiger partial charge is 0.0722 e. The monoisotopic (exact) mass is 288 g/mol. The summed E-state index contributed by atoms with van der Waals surface area (Å²) >= 11 is 0. The molecule has 2 unspecified atom stereocenters. The van der Waals surface area contributed by atoms with Crippen molar-refractivity contribution < 1.29 is 0 Å². The van der Waals surface area contributed by atoms with Gasteiger partial charge in [-0.1, -0.05) is 77.3 Å². The van der Waals surface area contributed by atoms with Crippen molar-refractivity contribution in [3.63, 3.8) is 0 Å². The Hall–Kier alpha value is 0.651. The molecule has 17 heavy (non-hydrogen) atoms. The average molecular weight is 289 g/mol. The highest BCUT2D eigenvalue weighted by Crippen LogP contribution is 2.24. The van der Waals surface area contributed by atoms with Crippen LogP contribution in [0.25, 0.3) is 0 Å². The van der Waals surface area contributed by atoms with E-state index in [-0.39, 0.29) is 0 Å². The van der Waals surface area contributed by atoms with Gasteiger partial charge < -0.3 is 0 Å². The summed E-state index contributed by atoms with van der Waals surface area (Å²) in [5, 5.41) is 0. The Balaban J connectivity index is 4.09. The summed E-state index contributed by atoms with van der Waals surface area (Å²) < 4.78 is 0. The summed E-state index contributed by atoms with van der Waals surface area (Å²) in [4.78, 5) is 0. The molecule has 0 aromatic rings. The van der Waals surface area contributed by atoms with Gasteiger partial charge in [0.25, 0.3) is 0 Å². The smallest absolute Gasteiger partial charge is 0.0416 e. The average Bonchev–Trinajstić information content (AvgIpc) is 1.95. The van der Waals surface area contributed by atoms with Crippen LogP contribution >= 0.6 is 0 Å². The van der Waals surface area contributed by atoms with Gasteiger partial charge in [0, 0.05) is 25.7 Å². The Morgan fingerprint density at radius 1 is 0.765 bits per heavy atom. The van der Waals surface area contributed by atoms with E-state index in [2.05, 4.69) is 53.9 Å². The van der Waals surface area contributed by atoms with E-state index in [0.717, 1.165) is 11.8 Å². The molecule has 0 fully saturated rings. The lowest BCUT2D eigenvalue weighted by atomic mass is 10.3. The molecule has 0 aliphatic rings. The second-order valence-corrected chi connectivity index (χ2v) is 21.0. The quantitative estimate of drug-likeness (QED) is 0.563. The second kappa shape index (κ2) is 7.95. The number of hydrogen-bond donors (Lipinski definition) is 0. The fraction of sp³-hybridized carbons (Fsp3) is 1.00. The zero-order chi connectivity index (χ0) is 13.6. The lowest BCUT2D eigenvalue weighted by Gasteiger charge is -2.29. The van der Waals surface area contributed by atoms with Gasteiger partial charge in [0.2, 0.25) is 0 Å². The molecule has 0 saturated heterocycles. The Labute approximate surface area is 115 Å². The van der Waals surface area contributed by atoms with Crippen LogP contribution in [0.3, 0.4) is 0 Å². The van der Waals surface area contributed by atoms with Crippen LogP contribution in [0, 0.1) is 11.8 Å². The van der Waals surface area contributed by atoms with Crippen LogP contribution in [0.4, 0.5) is 0 Å². The minimum Gasteiger partial charge on any atom is -0.0722 e. The molecule has 2 atom stereocenters. The van der Waals surface area contributed by atoms with Gasteiger partial charge in [0.1, 0.15) is 0 Å². The van der Waals surface area contributed by atoms with Gasteiger partial charge in [0.15, 0.2) is 0 Å². The van der Waals surface area contributed by atoms with Crippen molar-refractivity contribution in [3.8, 4) is 0 Å². The summed E-state index contributed by atoms with van der Waals surface area (Å²) in [6, 6.07) is 3.13. The minimum absolute atomic E-state index is 0.396. The van der Waals surface area contributed by atoms with E-state index in [1.807, 2.05) is 0 Å². The molecule has 0 N–H and O–H groups in total. The van der Waals surface area contributed by atoms with Crippen molar-refractivity contribution >= 4 is 25.7 Å². The predicted molar refractivity (Wildman–Crippen MR) is 92.4 cm³/mol. The number of hydrogen-bond acceptors (Lipinski definition) is 0. The van der Waals surface area contributed by atoms with Gasteiger partial charge in [-0.15, -0.1) is 0 Å². The highest BCUT2D eigenvalue weighted by atomic mass is 28.4. The molecule has 3 heteroatoms. The SMILES string of the molecule is CC(C)C[SiH](C)C[Si](C)(C)C[SiH](C)CC(C)C. The third-order valence-electron chi connectivity index (χ3n) is 3.55. The van der Waals surface area contributed by atoms with Gasteiger partial charge in [-0.05, 0) is 11.8 Å². The standard InChI is InChI=1S/C14H36Si3/c1-13(2)9-15(5)11-17(7,8)12-16(6)10-14(3)4/h13-16H,9-12H2,1-8H3. The molecule has 0 nitrogen and oxygen atoms in total. The summed E-state index contributed by atoms with van der Waals surface area (Å²) in [5.41, 5.74) is 3.39. The Kier molecular flexibility index (Phi) is 8.25. The van der Waals surface area contributed by atoms with E-state index in [0.29, 0.717) is 0 Å². The fourth-order valence-corrected chi connectivity index (χ4v) is 25.6. The molecular weight excluding hydrogens is 252 g/mol. The molecule has 0 amide bonds. The summed E-state index contributed by atoms with van der Waals surface area (Å²) in [6.07, 6.45) is 0. The van der Waals surface area contributed by atoms with Crippen LogP contribution in [0.2, 0.25) is 49.6 Å².